The number of piperidine rings is 1. The zero-order valence-corrected chi connectivity index (χ0v) is 17.4. The highest BCUT2D eigenvalue weighted by molar-refractivity contribution is 5.85. The van der Waals surface area contributed by atoms with Crippen molar-refractivity contribution in [3.8, 4) is 11.1 Å². The van der Waals surface area contributed by atoms with Crippen LogP contribution < -0.4 is 5.73 Å². The Morgan fingerprint density at radius 3 is 2.34 bits per heavy atom. The molecule has 1 aliphatic heterocycles. The maximum Gasteiger partial charge on any atom is 0.227 e. The molecular weight excluding hydrogens is 367 g/mol. The first kappa shape index (κ1) is 21.0. The first-order valence-corrected chi connectivity index (χ1v) is 10.1. The van der Waals surface area contributed by atoms with Crippen LogP contribution in [0.3, 0.4) is 0 Å². The standard InChI is InChI=1S/C24H29FN2O2/c1-23(2,3)22(29)27-14-6-13-24(16-27,21(26)28)15-17-9-11-18(12-10-17)19-7-4-5-8-20(19)25/h4-5,7-12H,6,13-16H2,1-3H3,(H2,26,28)/t24-/m1/s1. The fourth-order valence-electron chi connectivity index (χ4n) is 4.10. The molecule has 3 rings (SSSR count). The molecule has 1 aliphatic rings. The van der Waals surface area contributed by atoms with Gasteiger partial charge in [-0.1, -0.05) is 63.2 Å². The molecule has 2 aromatic carbocycles. The topological polar surface area (TPSA) is 63.4 Å². The van der Waals surface area contributed by atoms with Gasteiger partial charge in [0.25, 0.3) is 0 Å². The summed E-state index contributed by atoms with van der Waals surface area (Å²) < 4.78 is 14.0. The number of benzene rings is 2. The molecule has 2 aromatic rings. The molecule has 0 unspecified atom stereocenters. The number of primary amides is 1. The van der Waals surface area contributed by atoms with Crippen LogP contribution in [-0.2, 0) is 16.0 Å². The molecule has 5 heteroatoms. The van der Waals surface area contributed by atoms with Gasteiger partial charge in [-0.25, -0.2) is 4.39 Å². The molecule has 0 aliphatic carbocycles. The quantitative estimate of drug-likeness (QED) is 0.843. The molecule has 4 nitrogen and oxygen atoms in total. The average Bonchev–Trinajstić information content (AvgIpc) is 2.68. The molecule has 2 amide bonds. The Labute approximate surface area is 171 Å². The number of hydrogen-bond donors (Lipinski definition) is 1. The van der Waals surface area contributed by atoms with Gasteiger partial charge >= 0.3 is 0 Å². The second-order valence-corrected chi connectivity index (χ2v) is 9.08. The summed E-state index contributed by atoms with van der Waals surface area (Å²) in [5, 5.41) is 0. The highest BCUT2D eigenvalue weighted by atomic mass is 19.1. The number of carbonyl (C=O) groups excluding carboxylic acids is 2. The number of rotatable bonds is 4. The number of halogens is 1. The Bertz CT molecular complexity index is 902. The van der Waals surface area contributed by atoms with Crippen molar-refractivity contribution in [2.24, 2.45) is 16.6 Å². The van der Waals surface area contributed by atoms with E-state index in [9.17, 15) is 14.0 Å². The monoisotopic (exact) mass is 396 g/mol. The molecule has 1 saturated heterocycles. The molecule has 29 heavy (non-hydrogen) atoms. The predicted molar refractivity (Wildman–Crippen MR) is 112 cm³/mol. The Kier molecular flexibility index (Phi) is 5.78. The van der Waals surface area contributed by atoms with E-state index in [-0.39, 0.29) is 17.6 Å². The number of amides is 2. The van der Waals surface area contributed by atoms with Gasteiger partial charge in [-0.05, 0) is 36.5 Å². The second kappa shape index (κ2) is 7.97. The predicted octanol–water partition coefficient (Wildman–Crippen LogP) is 4.18. The van der Waals surface area contributed by atoms with E-state index >= 15 is 0 Å². The van der Waals surface area contributed by atoms with Crippen molar-refractivity contribution in [2.75, 3.05) is 13.1 Å². The van der Waals surface area contributed by atoms with Crippen molar-refractivity contribution < 1.29 is 14.0 Å². The van der Waals surface area contributed by atoms with Crippen LogP contribution in [-0.4, -0.2) is 29.8 Å². The average molecular weight is 397 g/mol. The minimum Gasteiger partial charge on any atom is -0.369 e. The van der Waals surface area contributed by atoms with Gasteiger partial charge in [-0.2, -0.15) is 0 Å². The van der Waals surface area contributed by atoms with Crippen molar-refractivity contribution in [2.45, 2.75) is 40.0 Å². The maximum atomic E-state index is 14.0. The van der Waals surface area contributed by atoms with Crippen LogP contribution in [0.4, 0.5) is 4.39 Å². The molecule has 0 bridgehead atoms. The summed E-state index contributed by atoms with van der Waals surface area (Å²) in [6.07, 6.45) is 1.87. The summed E-state index contributed by atoms with van der Waals surface area (Å²) in [5.74, 6) is -0.600. The summed E-state index contributed by atoms with van der Waals surface area (Å²) in [7, 11) is 0. The summed E-state index contributed by atoms with van der Waals surface area (Å²) in [6.45, 7) is 6.65. The number of nitrogens with two attached hydrogens (primary N) is 1. The van der Waals surface area contributed by atoms with Gasteiger partial charge in [0, 0.05) is 24.1 Å². The van der Waals surface area contributed by atoms with Crippen LogP contribution in [0, 0.1) is 16.6 Å². The zero-order valence-electron chi connectivity index (χ0n) is 17.4. The van der Waals surface area contributed by atoms with E-state index in [1.54, 1.807) is 23.1 Å². The Morgan fingerprint density at radius 1 is 1.10 bits per heavy atom. The van der Waals surface area contributed by atoms with Gasteiger partial charge in [0.2, 0.25) is 11.8 Å². The number of likely N-dealkylation sites (tertiary alicyclic amines) is 1. The SMILES string of the molecule is CC(C)(C)C(=O)N1CCC[C@](Cc2ccc(-c3ccccc3F)cc2)(C(N)=O)C1. The van der Waals surface area contributed by atoms with E-state index in [2.05, 4.69) is 0 Å². The highest BCUT2D eigenvalue weighted by Gasteiger charge is 2.43. The molecule has 0 radical (unpaired) electrons. The van der Waals surface area contributed by atoms with Crippen molar-refractivity contribution in [1.82, 2.24) is 4.90 Å². The number of hydrogen-bond acceptors (Lipinski definition) is 2. The lowest BCUT2D eigenvalue weighted by molar-refractivity contribution is -0.146. The van der Waals surface area contributed by atoms with Crippen molar-refractivity contribution in [3.05, 3.63) is 59.9 Å². The van der Waals surface area contributed by atoms with E-state index in [4.69, 9.17) is 5.73 Å². The molecule has 1 heterocycles. The van der Waals surface area contributed by atoms with Gasteiger partial charge in [0.15, 0.2) is 0 Å². The van der Waals surface area contributed by atoms with Crippen LogP contribution in [0.15, 0.2) is 48.5 Å². The fraction of sp³-hybridized carbons (Fsp3) is 0.417. The maximum absolute atomic E-state index is 14.0. The largest absolute Gasteiger partial charge is 0.369 e. The third-order valence-electron chi connectivity index (χ3n) is 5.71. The van der Waals surface area contributed by atoms with Crippen molar-refractivity contribution in [3.63, 3.8) is 0 Å². The lowest BCUT2D eigenvalue weighted by Crippen LogP contribution is -2.55. The summed E-state index contributed by atoms with van der Waals surface area (Å²) in [4.78, 5) is 27.0. The van der Waals surface area contributed by atoms with Crippen LogP contribution >= 0.6 is 0 Å². The molecule has 154 valence electrons. The van der Waals surface area contributed by atoms with E-state index in [1.807, 2.05) is 45.0 Å². The molecule has 0 saturated carbocycles. The van der Waals surface area contributed by atoms with Gasteiger partial charge in [-0.3, -0.25) is 9.59 Å². The molecule has 2 N–H and O–H groups in total. The van der Waals surface area contributed by atoms with Gasteiger partial charge in [0.05, 0.1) is 5.41 Å². The zero-order chi connectivity index (χ0) is 21.2. The van der Waals surface area contributed by atoms with Crippen LogP contribution in [0.5, 0.6) is 0 Å². The highest BCUT2D eigenvalue weighted by Crippen LogP contribution is 2.36. The molecule has 0 spiro atoms. The molecule has 0 aromatic heterocycles. The lowest BCUT2D eigenvalue weighted by Gasteiger charge is -2.42. The van der Waals surface area contributed by atoms with Crippen molar-refractivity contribution in [1.29, 1.82) is 0 Å². The number of carbonyl (C=O) groups is 2. The first-order chi connectivity index (χ1) is 13.6. The van der Waals surface area contributed by atoms with Gasteiger partial charge in [0.1, 0.15) is 5.82 Å². The third-order valence-corrected chi connectivity index (χ3v) is 5.71. The van der Waals surface area contributed by atoms with E-state index in [1.165, 1.54) is 6.07 Å². The smallest absolute Gasteiger partial charge is 0.227 e. The Balaban J connectivity index is 1.83. The normalized spacial score (nSPS) is 19.8. The van der Waals surface area contributed by atoms with Crippen LogP contribution in [0.25, 0.3) is 11.1 Å². The Hall–Kier alpha value is -2.69. The second-order valence-electron chi connectivity index (χ2n) is 9.08. The molecule has 1 atom stereocenters. The van der Waals surface area contributed by atoms with Crippen molar-refractivity contribution >= 4 is 11.8 Å². The summed E-state index contributed by atoms with van der Waals surface area (Å²) >= 11 is 0. The van der Waals surface area contributed by atoms with E-state index in [0.717, 1.165) is 17.5 Å². The van der Waals surface area contributed by atoms with Crippen LogP contribution in [0.2, 0.25) is 0 Å². The molecular formula is C24H29FN2O2. The van der Waals surface area contributed by atoms with E-state index < -0.39 is 10.8 Å². The molecule has 1 fully saturated rings. The first-order valence-electron chi connectivity index (χ1n) is 10.1. The number of nitrogens with zero attached hydrogens (tertiary/aromatic N) is 1. The summed E-state index contributed by atoms with van der Waals surface area (Å²) in [5.41, 5.74) is 6.84. The lowest BCUT2D eigenvalue weighted by atomic mass is 9.74. The van der Waals surface area contributed by atoms with Crippen LogP contribution in [0.1, 0.15) is 39.2 Å². The Morgan fingerprint density at radius 2 is 1.76 bits per heavy atom. The van der Waals surface area contributed by atoms with Gasteiger partial charge in [-0.15, -0.1) is 0 Å². The fourth-order valence-corrected chi connectivity index (χ4v) is 4.10. The van der Waals surface area contributed by atoms with Gasteiger partial charge < -0.3 is 10.6 Å². The summed E-state index contributed by atoms with van der Waals surface area (Å²) in [6, 6.07) is 14.2. The third kappa shape index (κ3) is 4.50. The minimum atomic E-state index is -0.779. The minimum absolute atomic E-state index is 0.0396. The van der Waals surface area contributed by atoms with E-state index in [0.29, 0.717) is 31.5 Å².